The highest BCUT2D eigenvalue weighted by Gasteiger charge is 2.24. The van der Waals surface area contributed by atoms with Gasteiger partial charge in [-0.2, -0.15) is 0 Å². The minimum atomic E-state index is -0.513. The van der Waals surface area contributed by atoms with E-state index in [1.807, 2.05) is 48.5 Å². The Labute approximate surface area is 354 Å². The first-order valence-electron chi connectivity index (χ1n) is 20.9. The van der Waals surface area contributed by atoms with Gasteiger partial charge in [-0.25, -0.2) is 4.63 Å². The van der Waals surface area contributed by atoms with Crippen LogP contribution in [0, 0.1) is 10.1 Å². The lowest BCUT2D eigenvalue weighted by molar-refractivity contribution is -0.383. The van der Waals surface area contributed by atoms with E-state index in [1.54, 1.807) is 6.07 Å². The van der Waals surface area contributed by atoms with Crippen LogP contribution in [0.2, 0.25) is 0 Å². The smallest absolute Gasteiger partial charge is 0.300 e. The summed E-state index contributed by atoms with van der Waals surface area (Å²) >= 11 is 0. The van der Waals surface area contributed by atoms with Crippen molar-refractivity contribution in [2.45, 2.75) is 72.1 Å². The zero-order chi connectivity index (χ0) is 43.0. The average Bonchev–Trinajstić information content (AvgIpc) is 3.71. The Hall–Kier alpha value is -6.90. The van der Waals surface area contributed by atoms with Gasteiger partial charge in [0, 0.05) is 106 Å². The second kappa shape index (κ2) is 19.0. The number of fused-ring (bicyclic) bond motifs is 9. The molecule has 9 N–H and O–H groups in total. The zero-order valence-corrected chi connectivity index (χ0v) is 35.0. The van der Waals surface area contributed by atoms with Gasteiger partial charge in [0.2, 0.25) is 5.52 Å². The zero-order valence-electron chi connectivity index (χ0n) is 35.0. The molecule has 0 spiro atoms. The topological polar surface area (TPSA) is 235 Å². The van der Waals surface area contributed by atoms with E-state index in [9.17, 15) is 10.1 Å². The Balaban J connectivity index is 1.33. The highest BCUT2D eigenvalue weighted by molar-refractivity contribution is 5.93. The lowest BCUT2D eigenvalue weighted by Crippen LogP contribution is -2.12. The molecule has 0 amide bonds. The molecule has 8 bridgehead atoms. The van der Waals surface area contributed by atoms with Crippen molar-refractivity contribution in [3.05, 3.63) is 115 Å². The fourth-order valence-electron chi connectivity index (χ4n) is 7.96. The molecule has 15 heteroatoms. The number of rotatable bonds is 16. The van der Waals surface area contributed by atoms with Gasteiger partial charge >= 0.3 is 5.69 Å². The largest absolute Gasteiger partial charge is 0.493 e. The number of nitrogens with one attached hydrogen (secondary N) is 1. The predicted molar refractivity (Wildman–Crippen MR) is 239 cm³/mol. The minimum absolute atomic E-state index is 0.0786. The molecule has 1 aromatic heterocycles. The maximum absolute atomic E-state index is 11.5. The molecule has 320 valence electrons. The first-order valence-corrected chi connectivity index (χ1v) is 20.9. The van der Waals surface area contributed by atoms with Crippen LogP contribution in [-0.4, -0.2) is 48.2 Å². The van der Waals surface area contributed by atoms with Crippen molar-refractivity contribution in [1.82, 2.24) is 10.3 Å². The number of benzene rings is 5. The van der Waals surface area contributed by atoms with Crippen molar-refractivity contribution in [3.63, 3.8) is 0 Å². The monoisotopic (exact) mass is 830 g/mol. The highest BCUT2D eigenvalue weighted by atomic mass is 16.6. The summed E-state index contributed by atoms with van der Waals surface area (Å²) in [7, 11) is 0. The Morgan fingerprint density at radius 2 is 0.918 bits per heavy atom. The summed E-state index contributed by atoms with van der Waals surface area (Å²) in [5.74, 6) is 2.96. The number of nitrogens with zero attached hydrogens (tertiary/aromatic N) is 3. The summed E-state index contributed by atoms with van der Waals surface area (Å²) in [6.07, 6.45) is 4.74. The van der Waals surface area contributed by atoms with Crippen LogP contribution in [0.5, 0.6) is 23.0 Å². The molecule has 0 aliphatic heterocycles. The summed E-state index contributed by atoms with van der Waals surface area (Å²) < 4.78 is 31.4. The first kappa shape index (κ1) is 42.2. The molecule has 0 unspecified atom stereocenters. The molecular weight excluding hydrogens is 777 g/mol. The Bertz CT molecular complexity index is 2430. The van der Waals surface area contributed by atoms with Gasteiger partial charge < -0.3 is 47.2 Å². The molecule has 0 atom stereocenters. The number of nitrogens with two attached hydrogens (primary N) is 4. The van der Waals surface area contributed by atoms with Crippen molar-refractivity contribution < 1.29 is 28.5 Å². The molecule has 61 heavy (non-hydrogen) atoms. The number of nitro benzene ring substituents is 1. The molecule has 6 aromatic rings. The molecule has 0 saturated heterocycles. The number of nitrogen functional groups attached to an aromatic ring is 4. The van der Waals surface area contributed by atoms with Gasteiger partial charge in [0.15, 0.2) is 5.52 Å². The summed E-state index contributed by atoms with van der Waals surface area (Å²) in [5, 5.41) is 22.5. The molecule has 15 nitrogen and oxygen atoms in total. The molecule has 1 aliphatic carbocycles. The van der Waals surface area contributed by atoms with Crippen LogP contribution in [0.15, 0.2) is 65.3 Å². The van der Waals surface area contributed by atoms with E-state index in [1.165, 1.54) is 6.07 Å². The molecule has 7 rings (SSSR count). The molecule has 0 fully saturated rings. The van der Waals surface area contributed by atoms with Crippen molar-refractivity contribution in [3.8, 4) is 23.0 Å². The minimum Gasteiger partial charge on any atom is -0.493 e. The number of hydrogen-bond donors (Lipinski definition) is 5. The molecular formula is C46H54N8O7. The standard InChI is InChI=1S/C46H54N8O7/c1-4-11-57-43-27-15-29-21-36(48)23-31(44(29)58-12-5-2)17-33-25-38(50)26-34(18-32-24-37(49)22-30(45(32)59-13-6-3)16-28(43)20-35(47)19-27)46(33)60-14-7-10-51-39-8-9-40(54(55)56)42-41(39)52-61-53-42/h8-9,19-26,51H,4-7,10-18,47-50H2,1-3H3. The molecule has 0 radical (unpaired) electrons. The number of anilines is 5. The second-order valence-electron chi connectivity index (χ2n) is 15.4. The fraction of sp³-hybridized carbons (Fsp3) is 0.348. The third-order valence-corrected chi connectivity index (χ3v) is 10.4. The maximum atomic E-state index is 11.5. The summed E-state index contributed by atoms with van der Waals surface area (Å²) in [6, 6.07) is 18.7. The van der Waals surface area contributed by atoms with E-state index in [4.69, 9.17) is 46.5 Å². The number of hydrogen-bond acceptors (Lipinski definition) is 14. The molecule has 1 heterocycles. The quantitative estimate of drug-likeness (QED) is 0.0266. The summed E-state index contributed by atoms with van der Waals surface area (Å²) in [6.45, 7) is 8.57. The lowest BCUT2D eigenvalue weighted by atomic mass is 9.90. The van der Waals surface area contributed by atoms with E-state index in [0.29, 0.717) is 99.3 Å². The van der Waals surface area contributed by atoms with Crippen molar-refractivity contribution >= 4 is 45.2 Å². The number of non-ortho nitro benzene ring substituents is 1. The van der Waals surface area contributed by atoms with E-state index < -0.39 is 4.92 Å². The average molecular weight is 831 g/mol. The van der Waals surface area contributed by atoms with Gasteiger partial charge in [0.25, 0.3) is 0 Å². The van der Waals surface area contributed by atoms with Crippen LogP contribution in [0.4, 0.5) is 34.1 Å². The SMILES string of the molecule is CCCOc1c2cc(N)cc1Cc1cc(N)cc(c1OCCC)Cc1cc(N)cc(c1OCCCNc1ccc([N+](=O)[O-])c3nonc13)Cc1cc(N)cc(c1OCCC)C2. The van der Waals surface area contributed by atoms with Gasteiger partial charge in [0.05, 0.1) is 37.0 Å². The molecule has 0 saturated carbocycles. The van der Waals surface area contributed by atoms with E-state index in [0.717, 1.165) is 81.0 Å². The number of nitro groups is 1. The highest BCUT2D eigenvalue weighted by Crippen LogP contribution is 2.42. The van der Waals surface area contributed by atoms with Crippen molar-refractivity contribution in [2.24, 2.45) is 0 Å². The van der Waals surface area contributed by atoms with Gasteiger partial charge in [-0.3, -0.25) is 10.1 Å². The summed E-state index contributed by atoms with van der Waals surface area (Å²) in [5.41, 5.74) is 37.1. The van der Waals surface area contributed by atoms with Crippen LogP contribution in [0.1, 0.15) is 91.0 Å². The van der Waals surface area contributed by atoms with Crippen molar-refractivity contribution in [2.75, 3.05) is 61.2 Å². The van der Waals surface area contributed by atoms with E-state index >= 15 is 0 Å². The van der Waals surface area contributed by atoms with Gasteiger partial charge in [-0.1, -0.05) is 20.8 Å². The molecule has 1 aliphatic rings. The van der Waals surface area contributed by atoms with E-state index in [2.05, 4.69) is 36.4 Å². The third kappa shape index (κ3) is 9.61. The van der Waals surface area contributed by atoms with Gasteiger partial charge in [0.1, 0.15) is 23.0 Å². The first-order chi connectivity index (χ1) is 29.6. The van der Waals surface area contributed by atoms with Gasteiger partial charge in [-0.05, 0) is 90.6 Å². The van der Waals surface area contributed by atoms with Crippen LogP contribution in [-0.2, 0) is 25.7 Å². The van der Waals surface area contributed by atoms with E-state index in [-0.39, 0.29) is 16.7 Å². The van der Waals surface area contributed by atoms with Crippen LogP contribution >= 0.6 is 0 Å². The number of ether oxygens (including phenoxy) is 4. The Kier molecular flexibility index (Phi) is 13.2. The lowest BCUT2D eigenvalue weighted by Gasteiger charge is -2.24. The summed E-state index contributed by atoms with van der Waals surface area (Å²) in [4.78, 5) is 11.0. The second-order valence-corrected chi connectivity index (χ2v) is 15.4. The maximum Gasteiger partial charge on any atom is 0.300 e. The normalized spacial score (nSPS) is 12.2. The van der Waals surface area contributed by atoms with Gasteiger partial charge in [-0.15, -0.1) is 0 Å². The number of aromatic nitrogens is 2. The third-order valence-electron chi connectivity index (χ3n) is 10.4. The van der Waals surface area contributed by atoms with Crippen LogP contribution in [0.3, 0.4) is 0 Å². The molecule has 5 aromatic carbocycles. The van der Waals surface area contributed by atoms with Crippen LogP contribution in [0.25, 0.3) is 11.0 Å². The Morgan fingerprint density at radius 3 is 1.26 bits per heavy atom. The van der Waals surface area contributed by atoms with Crippen molar-refractivity contribution in [1.29, 1.82) is 0 Å². The Morgan fingerprint density at radius 1 is 0.574 bits per heavy atom. The fourth-order valence-corrected chi connectivity index (χ4v) is 7.96. The van der Waals surface area contributed by atoms with Crippen LogP contribution < -0.4 is 47.2 Å². The predicted octanol–water partition coefficient (Wildman–Crippen LogP) is 8.38.